The first-order chi connectivity index (χ1) is 9.09. The number of thiophene rings is 1. The van der Waals surface area contributed by atoms with E-state index in [2.05, 4.69) is 15.3 Å². The molecule has 0 aliphatic rings. The highest BCUT2D eigenvalue weighted by atomic mass is 32.1. The summed E-state index contributed by atoms with van der Waals surface area (Å²) in [5.41, 5.74) is 1.25. The molecule has 0 unspecified atom stereocenters. The minimum atomic E-state index is -1.55. The fraction of sp³-hybridized carbons (Fsp3) is 0.182. The number of carboxylic acids is 2. The molecule has 2 rings (SSSR count). The second-order valence-corrected chi connectivity index (χ2v) is 4.67. The Balaban J connectivity index is 2.16. The predicted octanol–water partition coefficient (Wildman–Crippen LogP) is 1.34. The molecule has 0 fully saturated rings. The topological polar surface area (TPSA) is 115 Å². The van der Waals surface area contributed by atoms with Crippen molar-refractivity contribution >= 4 is 29.0 Å². The maximum Gasteiger partial charge on any atom is 0.323 e. The standard InChI is InChI=1S/C11H11N3O4S/c15-10(16)8(11(17)18)9-7(1-2-19-9)13-4-6-3-12-5-14-6/h1-3,5,8,13H,4H2,(H,12,14)(H,15,16)(H,17,18). The van der Waals surface area contributed by atoms with Crippen LogP contribution in [0.3, 0.4) is 0 Å². The SMILES string of the molecule is O=C(O)C(C(=O)O)c1sccc1NCc1c[nH]cn1. The van der Waals surface area contributed by atoms with Crippen molar-refractivity contribution in [3.8, 4) is 0 Å². The molecule has 2 aromatic rings. The van der Waals surface area contributed by atoms with Gasteiger partial charge in [0.25, 0.3) is 0 Å². The summed E-state index contributed by atoms with van der Waals surface area (Å²) in [5, 5.41) is 22.6. The van der Waals surface area contributed by atoms with Crippen LogP contribution < -0.4 is 5.32 Å². The van der Waals surface area contributed by atoms with Gasteiger partial charge in [-0.15, -0.1) is 11.3 Å². The van der Waals surface area contributed by atoms with Crippen LogP contribution in [-0.4, -0.2) is 32.1 Å². The zero-order valence-electron chi connectivity index (χ0n) is 9.66. The first-order valence-corrected chi connectivity index (χ1v) is 6.22. The Morgan fingerprint density at radius 2 is 2.16 bits per heavy atom. The van der Waals surface area contributed by atoms with E-state index < -0.39 is 17.9 Å². The molecule has 2 aromatic heterocycles. The molecule has 0 spiro atoms. The number of rotatable bonds is 6. The fourth-order valence-electron chi connectivity index (χ4n) is 1.59. The highest BCUT2D eigenvalue weighted by molar-refractivity contribution is 7.10. The Morgan fingerprint density at radius 1 is 1.42 bits per heavy atom. The van der Waals surface area contributed by atoms with Crippen LogP contribution in [0.25, 0.3) is 0 Å². The van der Waals surface area contributed by atoms with E-state index in [9.17, 15) is 9.59 Å². The van der Waals surface area contributed by atoms with Gasteiger partial charge >= 0.3 is 11.9 Å². The van der Waals surface area contributed by atoms with Gasteiger partial charge in [0.15, 0.2) is 5.92 Å². The number of nitrogens with one attached hydrogen (secondary N) is 2. The summed E-state index contributed by atoms with van der Waals surface area (Å²) in [5.74, 6) is -4.31. The van der Waals surface area contributed by atoms with Crippen LogP contribution in [0.1, 0.15) is 16.5 Å². The lowest BCUT2D eigenvalue weighted by Crippen LogP contribution is -2.21. The minimum Gasteiger partial charge on any atom is -0.480 e. The predicted molar refractivity (Wildman–Crippen MR) is 68.2 cm³/mol. The summed E-state index contributed by atoms with van der Waals surface area (Å²) in [4.78, 5) is 29.1. The number of anilines is 1. The number of aromatic amines is 1. The summed E-state index contributed by atoms with van der Waals surface area (Å²) in [7, 11) is 0. The van der Waals surface area contributed by atoms with Crippen LogP contribution in [0.15, 0.2) is 24.0 Å². The number of aromatic nitrogens is 2. The molecule has 0 radical (unpaired) electrons. The average molecular weight is 281 g/mol. The normalized spacial score (nSPS) is 10.6. The van der Waals surface area contributed by atoms with Gasteiger partial charge in [-0.1, -0.05) is 0 Å². The number of nitrogens with zero attached hydrogens (tertiary/aromatic N) is 1. The Bertz CT molecular complexity index is 565. The molecule has 0 aliphatic carbocycles. The molecule has 0 atom stereocenters. The molecule has 0 saturated heterocycles. The van der Waals surface area contributed by atoms with Gasteiger partial charge < -0.3 is 20.5 Å². The number of H-pyrrole nitrogens is 1. The number of aliphatic carboxylic acids is 2. The van der Waals surface area contributed by atoms with E-state index in [4.69, 9.17) is 10.2 Å². The van der Waals surface area contributed by atoms with Gasteiger partial charge in [-0.3, -0.25) is 9.59 Å². The second kappa shape index (κ2) is 5.53. The van der Waals surface area contributed by atoms with Crippen molar-refractivity contribution in [3.63, 3.8) is 0 Å². The van der Waals surface area contributed by atoms with Crippen molar-refractivity contribution in [2.75, 3.05) is 5.32 Å². The van der Waals surface area contributed by atoms with Crippen LogP contribution in [0.4, 0.5) is 5.69 Å². The molecule has 0 aliphatic heterocycles. The van der Waals surface area contributed by atoms with E-state index in [1.54, 1.807) is 17.6 Å². The van der Waals surface area contributed by atoms with E-state index in [-0.39, 0.29) is 4.88 Å². The molecule has 2 heterocycles. The van der Waals surface area contributed by atoms with Gasteiger partial charge in [-0.2, -0.15) is 0 Å². The van der Waals surface area contributed by atoms with Gasteiger partial charge in [0.2, 0.25) is 0 Å². The zero-order valence-corrected chi connectivity index (χ0v) is 10.5. The number of hydrogen-bond acceptors (Lipinski definition) is 5. The first-order valence-electron chi connectivity index (χ1n) is 5.34. The third kappa shape index (κ3) is 2.91. The zero-order chi connectivity index (χ0) is 13.8. The first kappa shape index (κ1) is 13.1. The van der Waals surface area contributed by atoms with Crippen molar-refractivity contribution in [1.82, 2.24) is 9.97 Å². The fourth-order valence-corrected chi connectivity index (χ4v) is 2.55. The Morgan fingerprint density at radius 3 is 2.74 bits per heavy atom. The lowest BCUT2D eigenvalue weighted by atomic mass is 10.1. The Labute approximate surface area is 111 Å². The maximum absolute atomic E-state index is 11.0. The van der Waals surface area contributed by atoms with Crippen molar-refractivity contribution < 1.29 is 19.8 Å². The minimum absolute atomic E-state index is 0.274. The van der Waals surface area contributed by atoms with Crippen molar-refractivity contribution in [3.05, 3.63) is 34.5 Å². The van der Waals surface area contributed by atoms with Gasteiger partial charge in [0.05, 0.1) is 23.4 Å². The quantitative estimate of drug-likeness (QED) is 0.594. The Kier molecular flexibility index (Phi) is 3.81. The second-order valence-electron chi connectivity index (χ2n) is 3.72. The molecule has 0 aromatic carbocycles. The van der Waals surface area contributed by atoms with Crippen LogP contribution in [-0.2, 0) is 16.1 Å². The Hall–Kier alpha value is -2.35. The van der Waals surface area contributed by atoms with E-state index in [0.717, 1.165) is 17.0 Å². The molecule has 0 bridgehead atoms. The average Bonchev–Trinajstić information content (AvgIpc) is 2.96. The molecule has 0 saturated carbocycles. The lowest BCUT2D eigenvalue weighted by Gasteiger charge is -2.10. The molecule has 19 heavy (non-hydrogen) atoms. The van der Waals surface area contributed by atoms with Crippen LogP contribution >= 0.6 is 11.3 Å². The van der Waals surface area contributed by atoms with E-state index >= 15 is 0 Å². The molecule has 100 valence electrons. The van der Waals surface area contributed by atoms with E-state index in [1.165, 1.54) is 6.33 Å². The van der Waals surface area contributed by atoms with Gasteiger partial charge in [-0.05, 0) is 11.4 Å². The highest BCUT2D eigenvalue weighted by Gasteiger charge is 2.31. The third-order valence-corrected chi connectivity index (χ3v) is 3.45. The summed E-state index contributed by atoms with van der Waals surface area (Å²) in [6.07, 6.45) is 3.23. The van der Waals surface area contributed by atoms with Crippen molar-refractivity contribution in [2.24, 2.45) is 0 Å². The van der Waals surface area contributed by atoms with Crippen molar-refractivity contribution in [1.29, 1.82) is 0 Å². The maximum atomic E-state index is 11.0. The van der Waals surface area contributed by atoms with Gasteiger partial charge in [-0.25, -0.2) is 4.98 Å². The monoisotopic (exact) mass is 281 g/mol. The van der Waals surface area contributed by atoms with Crippen LogP contribution in [0, 0.1) is 0 Å². The van der Waals surface area contributed by atoms with Crippen molar-refractivity contribution in [2.45, 2.75) is 12.5 Å². The van der Waals surface area contributed by atoms with Gasteiger partial charge in [0, 0.05) is 11.9 Å². The molecule has 8 heteroatoms. The molecule has 7 nitrogen and oxygen atoms in total. The smallest absolute Gasteiger partial charge is 0.323 e. The van der Waals surface area contributed by atoms with Gasteiger partial charge in [0.1, 0.15) is 0 Å². The molecular weight excluding hydrogens is 270 g/mol. The largest absolute Gasteiger partial charge is 0.480 e. The molecule has 4 N–H and O–H groups in total. The summed E-state index contributed by atoms with van der Waals surface area (Å²) < 4.78 is 0. The van der Waals surface area contributed by atoms with E-state index in [1.807, 2.05) is 0 Å². The van der Waals surface area contributed by atoms with Crippen LogP contribution in [0.5, 0.6) is 0 Å². The summed E-state index contributed by atoms with van der Waals surface area (Å²) in [6.45, 7) is 0.388. The number of carboxylic acid groups (broad SMARTS) is 2. The number of carbonyl (C=O) groups is 2. The number of imidazole rings is 1. The molecular formula is C11H11N3O4S. The number of hydrogen-bond donors (Lipinski definition) is 4. The summed E-state index contributed by atoms with van der Waals surface area (Å²) in [6, 6.07) is 1.66. The summed E-state index contributed by atoms with van der Waals surface area (Å²) >= 11 is 1.10. The van der Waals surface area contributed by atoms with E-state index in [0.29, 0.717) is 12.2 Å². The molecule has 0 amide bonds. The third-order valence-electron chi connectivity index (χ3n) is 2.47. The highest BCUT2D eigenvalue weighted by Crippen LogP contribution is 2.31. The van der Waals surface area contributed by atoms with Crippen LogP contribution in [0.2, 0.25) is 0 Å². The lowest BCUT2D eigenvalue weighted by molar-refractivity contribution is -0.149.